The number of hydrogen-bond donors (Lipinski definition) is 8. The van der Waals surface area contributed by atoms with Gasteiger partial charge in [0.1, 0.15) is 60.5 Å². The molecule has 0 unspecified atom stereocenters. The van der Waals surface area contributed by atoms with Crippen molar-refractivity contribution in [3.63, 3.8) is 0 Å². The third-order valence-corrected chi connectivity index (χ3v) is 17.8. The Bertz CT molecular complexity index is 1730. The Morgan fingerprint density at radius 3 is 2.23 bits per heavy atom. The van der Waals surface area contributed by atoms with Crippen molar-refractivity contribution in [2.24, 2.45) is 40.4 Å². The number of carbonyl (C=O) groups is 1. The summed E-state index contributed by atoms with van der Waals surface area (Å²) in [5.41, 5.74) is -0.186. The van der Waals surface area contributed by atoms with Crippen molar-refractivity contribution in [3.8, 4) is 0 Å². The van der Waals surface area contributed by atoms with Gasteiger partial charge in [-0.15, -0.1) is 0 Å². The standard InChI is InChI=1S/C46H72O18/c1-20-9-14-45(57-18-20)22(3)46(55)31(64-45)16-28-26-8-7-24-15-25(10-12-43(24,5)27(26)11-13-44(28,46)6)60-42-39(63-41-38(59-23(4)48)35(53)32(50)21(2)58-41)37(34(52)30(17-47)61-42)62-40-36(54)33(51)29(49)19-56-40/h7,20-22,25-42,47,49-55H,8-19H2,1-6H3/t20-,21+,22-,25-,26-,27+,28-,29-,30-,31+,32+,33+,34-,35-,36-,37+,38-,39-,40+,41+,42-,43-,44-,45-,46-/m1/s1. The van der Waals surface area contributed by atoms with Crippen LogP contribution in [0.5, 0.6) is 0 Å². The molecule has 3 saturated carbocycles. The molecule has 0 aromatic heterocycles. The molecule has 0 radical (unpaired) electrons. The molecule has 8 fully saturated rings. The summed E-state index contributed by atoms with van der Waals surface area (Å²) >= 11 is 0. The normalized spacial score (nSPS) is 56.1. The van der Waals surface area contributed by atoms with E-state index in [0.29, 0.717) is 37.2 Å². The SMILES string of the molecule is CC(=O)O[C@H]1[C@H](O[C@H]2[C@H](O[C@@H]3CC[C@]4(C)C(=CC[C@H]5[C@H]6C[C@@H]7O[C@]8(CC[C@@H](C)CO8)[C@@H](C)[C@]7(O)[C@]6(C)CC[C@@H]54)C3)O[C@H](CO)[C@@H](O)[C@@H]2O[C@@H]2OC[C@@H](O)[C@H](O)[C@H]2O)O[C@@H](C)[C@H](O)[C@H]1O. The molecule has 5 heterocycles. The van der Waals surface area contributed by atoms with Crippen LogP contribution >= 0.6 is 0 Å². The van der Waals surface area contributed by atoms with Crippen molar-refractivity contribution in [2.45, 2.75) is 209 Å². The molecule has 0 aromatic rings. The van der Waals surface area contributed by atoms with Gasteiger partial charge < -0.3 is 83.5 Å². The zero-order valence-corrected chi connectivity index (χ0v) is 37.8. The van der Waals surface area contributed by atoms with Gasteiger partial charge in [-0.3, -0.25) is 4.79 Å². The zero-order valence-electron chi connectivity index (χ0n) is 37.8. The highest BCUT2D eigenvalue weighted by molar-refractivity contribution is 5.66. The fourth-order valence-electron chi connectivity index (χ4n) is 14.0. The first kappa shape index (κ1) is 47.6. The molecule has 1 spiro atoms. The van der Waals surface area contributed by atoms with Crippen molar-refractivity contribution in [3.05, 3.63) is 11.6 Å². The minimum absolute atomic E-state index is 0.139. The Hall–Kier alpha value is -1.43. The highest BCUT2D eigenvalue weighted by Gasteiger charge is 2.76. The molecule has 9 rings (SSSR count). The fourth-order valence-corrected chi connectivity index (χ4v) is 14.0. The van der Waals surface area contributed by atoms with Gasteiger partial charge in [0.25, 0.3) is 0 Å². The molecule has 25 atom stereocenters. The van der Waals surface area contributed by atoms with Crippen LogP contribution < -0.4 is 0 Å². The average Bonchev–Trinajstić information content (AvgIpc) is 3.62. The maximum atomic E-state index is 12.8. The monoisotopic (exact) mass is 912 g/mol. The maximum absolute atomic E-state index is 12.8. The highest BCUT2D eigenvalue weighted by atomic mass is 16.8. The summed E-state index contributed by atoms with van der Waals surface area (Å²) in [6, 6.07) is 0. The lowest BCUT2D eigenvalue weighted by molar-refractivity contribution is -0.390. The van der Waals surface area contributed by atoms with E-state index in [1.54, 1.807) is 0 Å². The van der Waals surface area contributed by atoms with E-state index in [9.17, 15) is 45.6 Å². The number of rotatable bonds is 8. The van der Waals surface area contributed by atoms with E-state index in [2.05, 4.69) is 33.8 Å². The van der Waals surface area contributed by atoms with Crippen LogP contribution in [0, 0.1) is 40.4 Å². The first-order valence-electron chi connectivity index (χ1n) is 23.7. The topological polar surface area (TPSA) is 262 Å². The van der Waals surface area contributed by atoms with E-state index in [1.165, 1.54) is 12.5 Å². The van der Waals surface area contributed by atoms with Gasteiger partial charge in [0.05, 0.1) is 38.1 Å². The van der Waals surface area contributed by atoms with E-state index < -0.39 is 123 Å². The second-order valence-electron chi connectivity index (χ2n) is 21.3. The summed E-state index contributed by atoms with van der Waals surface area (Å²) in [7, 11) is 0. The molecular weight excluding hydrogens is 840 g/mol. The summed E-state index contributed by atoms with van der Waals surface area (Å²) in [5.74, 6) is -0.201. The summed E-state index contributed by atoms with van der Waals surface area (Å²) in [4.78, 5) is 12.2. The Kier molecular flexibility index (Phi) is 13.0. The molecule has 8 N–H and O–H groups in total. The summed E-state index contributed by atoms with van der Waals surface area (Å²) in [6.07, 6.45) is -12.0. The molecule has 0 aromatic carbocycles. The van der Waals surface area contributed by atoms with Crippen LogP contribution in [0.4, 0.5) is 0 Å². The third-order valence-electron chi connectivity index (χ3n) is 17.8. The molecular formula is C46H72O18. The van der Waals surface area contributed by atoms with E-state index in [0.717, 1.165) is 51.9 Å². The van der Waals surface area contributed by atoms with Crippen LogP contribution in [-0.2, 0) is 47.4 Å². The predicted molar refractivity (Wildman–Crippen MR) is 219 cm³/mol. The third kappa shape index (κ3) is 7.56. The van der Waals surface area contributed by atoms with Gasteiger partial charge in [-0.2, -0.15) is 0 Å². The van der Waals surface area contributed by atoms with Crippen LogP contribution in [0.25, 0.3) is 0 Å². The van der Waals surface area contributed by atoms with E-state index >= 15 is 0 Å². The van der Waals surface area contributed by atoms with Gasteiger partial charge in [0.2, 0.25) is 0 Å². The van der Waals surface area contributed by atoms with Gasteiger partial charge in [0.15, 0.2) is 30.8 Å². The maximum Gasteiger partial charge on any atom is 0.303 e. The molecule has 4 aliphatic carbocycles. The van der Waals surface area contributed by atoms with Gasteiger partial charge in [-0.25, -0.2) is 0 Å². The van der Waals surface area contributed by atoms with Gasteiger partial charge in [-0.1, -0.05) is 39.3 Å². The average molecular weight is 913 g/mol. The van der Waals surface area contributed by atoms with Gasteiger partial charge >= 0.3 is 5.97 Å². The van der Waals surface area contributed by atoms with E-state index in [1.807, 2.05) is 0 Å². The van der Waals surface area contributed by atoms with Gasteiger partial charge in [-0.05, 0) is 87.4 Å². The summed E-state index contributed by atoms with van der Waals surface area (Å²) < 4.78 is 55.8. The van der Waals surface area contributed by atoms with Crippen molar-refractivity contribution in [1.82, 2.24) is 0 Å². The first-order chi connectivity index (χ1) is 30.3. The van der Waals surface area contributed by atoms with Crippen LogP contribution in [0.3, 0.4) is 0 Å². The number of ether oxygens (including phenoxy) is 9. The number of fused-ring (bicyclic) bond motifs is 7. The molecule has 18 heteroatoms. The van der Waals surface area contributed by atoms with Crippen molar-refractivity contribution in [1.29, 1.82) is 0 Å². The second-order valence-corrected chi connectivity index (χ2v) is 21.3. The Balaban J connectivity index is 0.957. The Morgan fingerprint density at radius 1 is 0.797 bits per heavy atom. The number of carbonyl (C=O) groups excluding carboxylic acids is 1. The lowest BCUT2D eigenvalue weighted by Crippen LogP contribution is -2.66. The van der Waals surface area contributed by atoms with Crippen molar-refractivity contribution in [2.75, 3.05) is 19.8 Å². The molecule has 0 bridgehead atoms. The van der Waals surface area contributed by atoms with Crippen LogP contribution in [-0.4, -0.2) is 176 Å². The fraction of sp³-hybridized carbons (Fsp3) is 0.935. The van der Waals surface area contributed by atoms with E-state index in [-0.39, 0.29) is 28.8 Å². The number of aliphatic hydroxyl groups excluding tert-OH is 7. The highest BCUT2D eigenvalue weighted by Crippen LogP contribution is 2.72. The number of esters is 1. The van der Waals surface area contributed by atoms with Crippen LogP contribution in [0.2, 0.25) is 0 Å². The number of aliphatic hydroxyl groups is 8. The summed E-state index contributed by atoms with van der Waals surface area (Å²) in [6.45, 7) is 11.2. The molecule has 9 aliphatic rings. The minimum Gasteiger partial charge on any atom is -0.454 e. The quantitative estimate of drug-likeness (QED) is 0.122. The number of hydrogen-bond acceptors (Lipinski definition) is 18. The molecule has 364 valence electrons. The van der Waals surface area contributed by atoms with Crippen molar-refractivity contribution < 1.29 is 88.3 Å². The zero-order chi connectivity index (χ0) is 45.8. The molecule has 0 amide bonds. The second kappa shape index (κ2) is 17.5. The Morgan fingerprint density at radius 2 is 1.53 bits per heavy atom. The molecule has 18 nitrogen and oxygen atoms in total. The number of allylic oxidation sites excluding steroid dienone is 1. The van der Waals surface area contributed by atoms with Gasteiger partial charge in [0, 0.05) is 24.7 Å². The van der Waals surface area contributed by atoms with Crippen LogP contribution in [0.1, 0.15) is 99.3 Å². The smallest absolute Gasteiger partial charge is 0.303 e. The summed E-state index contributed by atoms with van der Waals surface area (Å²) in [5, 5.41) is 88.1. The Labute approximate surface area is 374 Å². The first-order valence-corrected chi connectivity index (χ1v) is 23.7. The predicted octanol–water partition coefficient (Wildman–Crippen LogP) is 0.539. The lowest BCUT2D eigenvalue weighted by atomic mass is 9.46. The molecule has 5 aliphatic heterocycles. The largest absolute Gasteiger partial charge is 0.454 e. The molecule has 64 heavy (non-hydrogen) atoms. The van der Waals surface area contributed by atoms with E-state index in [4.69, 9.17) is 42.6 Å². The lowest BCUT2D eigenvalue weighted by Gasteiger charge is -2.60. The van der Waals surface area contributed by atoms with Crippen LogP contribution in [0.15, 0.2) is 11.6 Å². The molecule has 5 saturated heterocycles. The van der Waals surface area contributed by atoms with Crippen molar-refractivity contribution >= 4 is 5.97 Å². The minimum atomic E-state index is -1.76.